The third-order valence-electron chi connectivity index (χ3n) is 3.90. The summed E-state index contributed by atoms with van der Waals surface area (Å²) >= 11 is 1.89. The van der Waals surface area contributed by atoms with Gasteiger partial charge in [-0.05, 0) is 36.9 Å². The van der Waals surface area contributed by atoms with Crippen LogP contribution in [0, 0.1) is 12.8 Å². The summed E-state index contributed by atoms with van der Waals surface area (Å²) in [4.78, 5) is 6.20. The Hall–Kier alpha value is -1.19. The van der Waals surface area contributed by atoms with Gasteiger partial charge in [0, 0.05) is 17.3 Å². The lowest BCUT2D eigenvalue weighted by Gasteiger charge is -2.28. The molecule has 1 N–H and O–H groups in total. The van der Waals surface area contributed by atoms with E-state index in [9.17, 15) is 0 Å². The number of fused-ring (bicyclic) bond motifs is 1. The highest BCUT2D eigenvalue weighted by atomic mass is 32.1. The first-order valence-corrected chi connectivity index (χ1v) is 8.21. The molecule has 0 fully saturated rings. The van der Waals surface area contributed by atoms with E-state index in [0.717, 1.165) is 19.5 Å². The molecule has 3 rings (SSSR count). The number of hydrogen-bond donors (Lipinski definition) is 1. The number of aryl methyl sites for hydroxylation is 1. The highest BCUT2D eigenvalue weighted by Gasteiger charge is 2.29. The van der Waals surface area contributed by atoms with E-state index >= 15 is 0 Å². The van der Waals surface area contributed by atoms with Gasteiger partial charge in [-0.25, -0.2) is 4.98 Å². The Morgan fingerprint density at radius 2 is 2.15 bits per heavy atom. The molecule has 106 valence electrons. The van der Waals surface area contributed by atoms with E-state index in [1.165, 1.54) is 26.7 Å². The van der Waals surface area contributed by atoms with Crippen LogP contribution in [-0.2, 0) is 13.0 Å². The van der Waals surface area contributed by atoms with Gasteiger partial charge in [-0.3, -0.25) is 0 Å². The molecule has 0 amide bonds. The van der Waals surface area contributed by atoms with Gasteiger partial charge in [0.05, 0.1) is 5.69 Å². The fraction of sp³-hybridized carbons (Fsp3) is 0.471. The minimum Gasteiger partial charge on any atom is -0.312 e. The number of nitrogens with one attached hydrogen (secondary N) is 1. The van der Waals surface area contributed by atoms with Crippen LogP contribution in [0.2, 0.25) is 0 Å². The molecule has 1 atom stereocenters. The molecule has 1 heterocycles. The number of hydrogen-bond acceptors (Lipinski definition) is 3. The Kier molecular flexibility index (Phi) is 3.90. The maximum Gasteiger partial charge on any atom is 0.101 e. The van der Waals surface area contributed by atoms with Crippen molar-refractivity contribution in [3.63, 3.8) is 0 Å². The molecule has 20 heavy (non-hydrogen) atoms. The predicted molar refractivity (Wildman–Crippen MR) is 85.4 cm³/mol. The summed E-state index contributed by atoms with van der Waals surface area (Å²) in [6.07, 6.45) is 1.15. The molecule has 0 radical (unpaired) electrons. The Morgan fingerprint density at radius 1 is 1.35 bits per heavy atom. The molecule has 1 aromatic heterocycles. The van der Waals surface area contributed by atoms with Crippen LogP contribution < -0.4 is 5.32 Å². The van der Waals surface area contributed by atoms with E-state index in [4.69, 9.17) is 4.98 Å². The van der Waals surface area contributed by atoms with E-state index < -0.39 is 0 Å². The Labute approximate surface area is 125 Å². The van der Waals surface area contributed by atoms with E-state index in [0.29, 0.717) is 11.8 Å². The fourth-order valence-corrected chi connectivity index (χ4v) is 3.87. The van der Waals surface area contributed by atoms with Gasteiger partial charge < -0.3 is 5.32 Å². The minimum atomic E-state index is 0.536. The van der Waals surface area contributed by atoms with Crippen molar-refractivity contribution < 1.29 is 0 Å². The van der Waals surface area contributed by atoms with Crippen LogP contribution >= 0.6 is 11.3 Å². The molecule has 0 aliphatic heterocycles. The molecule has 3 heteroatoms. The van der Waals surface area contributed by atoms with Crippen LogP contribution in [0.5, 0.6) is 0 Å². The van der Waals surface area contributed by atoms with Gasteiger partial charge >= 0.3 is 0 Å². The van der Waals surface area contributed by atoms with Crippen LogP contribution in [0.4, 0.5) is 0 Å². The largest absolute Gasteiger partial charge is 0.312 e. The zero-order chi connectivity index (χ0) is 14.1. The molecule has 1 aliphatic rings. The topological polar surface area (TPSA) is 24.9 Å². The first-order chi connectivity index (χ1) is 9.65. The Balaban J connectivity index is 1.71. The smallest absolute Gasteiger partial charge is 0.101 e. The molecule has 0 saturated heterocycles. The quantitative estimate of drug-likeness (QED) is 0.902. The summed E-state index contributed by atoms with van der Waals surface area (Å²) in [5, 5.41) is 4.81. The highest BCUT2D eigenvalue weighted by Crippen LogP contribution is 2.41. The number of thiazole rings is 1. The van der Waals surface area contributed by atoms with Gasteiger partial charge in [0.2, 0.25) is 0 Å². The van der Waals surface area contributed by atoms with Crippen LogP contribution in [0.1, 0.15) is 46.5 Å². The van der Waals surface area contributed by atoms with Crippen LogP contribution in [0.25, 0.3) is 0 Å². The van der Waals surface area contributed by atoms with Crippen LogP contribution in [0.15, 0.2) is 24.3 Å². The lowest BCUT2D eigenvalue weighted by atomic mass is 9.78. The van der Waals surface area contributed by atoms with Crippen molar-refractivity contribution >= 4 is 11.3 Å². The molecule has 0 saturated carbocycles. The summed E-state index contributed by atoms with van der Waals surface area (Å²) in [5.74, 6) is 1.23. The van der Waals surface area contributed by atoms with Crippen molar-refractivity contribution in [3.8, 4) is 0 Å². The summed E-state index contributed by atoms with van der Waals surface area (Å²) in [6.45, 7) is 8.64. The maximum atomic E-state index is 4.81. The summed E-state index contributed by atoms with van der Waals surface area (Å²) in [7, 11) is 0. The van der Waals surface area contributed by atoms with Crippen molar-refractivity contribution in [1.82, 2.24) is 10.3 Å². The number of aromatic nitrogens is 1. The van der Waals surface area contributed by atoms with Crippen molar-refractivity contribution in [3.05, 3.63) is 51.0 Å². The van der Waals surface area contributed by atoms with E-state index in [1.807, 2.05) is 11.3 Å². The van der Waals surface area contributed by atoms with Crippen molar-refractivity contribution in [1.29, 1.82) is 0 Å². The van der Waals surface area contributed by atoms with Gasteiger partial charge in [0.25, 0.3) is 0 Å². The van der Waals surface area contributed by atoms with E-state index in [-0.39, 0.29) is 0 Å². The van der Waals surface area contributed by atoms with Gasteiger partial charge in [0.1, 0.15) is 5.01 Å². The van der Waals surface area contributed by atoms with Gasteiger partial charge in [-0.2, -0.15) is 0 Å². The number of nitrogens with zero attached hydrogens (tertiary/aromatic N) is 1. The average molecular weight is 286 g/mol. The molecule has 0 spiro atoms. The summed E-state index contributed by atoms with van der Waals surface area (Å²) in [5.41, 5.74) is 4.17. The zero-order valence-electron chi connectivity index (χ0n) is 12.4. The van der Waals surface area contributed by atoms with Gasteiger partial charge in [0.15, 0.2) is 0 Å². The van der Waals surface area contributed by atoms with Crippen molar-refractivity contribution in [2.24, 2.45) is 5.92 Å². The zero-order valence-corrected chi connectivity index (χ0v) is 13.3. The Bertz CT molecular complexity index is 601. The molecule has 0 bridgehead atoms. The average Bonchev–Trinajstić information content (AvgIpc) is 2.72. The molecule has 1 aromatic carbocycles. The van der Waals surface area contributed by atoms with E-state index in [2.05, 4.69) is 50.4 Å². The number of rotatable bonds is 5. The summed E-state index contributed by atoms with van der Waals surface area (Å²) in [6, 6.07) is 8.74. The monoisotopic (exact) mass is 286 g/mol. The molecular weight excluding hydrogens is 264 g/mol. The van der Waals surface area contributed by atoms with Crippen LogP contribution in [-0.4, -0.2) is 11.5 Å². The standard InChI is InChI=1S/C17H22N2S/c1-11(2)9-18-10-16-12(3)19-17(20-16)15-8-13-6-4-5-7-14(13)15/h4-7,11,15,18H,8-10H2,1-3H3. The molecule has 2 aromatic rings. The normalized spacial score (nSPS) is 17.1. The first-order valence-electron chi connectivity index (χ1n) is 7.40. The first kappa shape index (κ1) is 13.8. The lowest BCUT2D eigenvalue weighted by molar-refractivity contribution is 0.554. The second kappa shape index (κ2) is 5.66. The lowest BCUT2D eigenvalue weighted by Crippen LogP contribution is -2.18. The fourth-order valence-electron chi connectivity index (χ4n) is 2.72. The van der Waals surface area contributed by atoms with Crippen molar-refractivity contribution in [2.45, 2.75) is 39.7 Å². The third kappa shape index (κ3) is 2.65. The van der Waals surface area contributed by atoms with Crippen LogP contribution in [0.3, 0.4) is 0 Å². The molecule has 1 unspecified atom stereocenters. The number of benzene rings is 1. The Morgan fingerprint density at radius 3 is 2.90 bits per heavy atom. The maximum absolute atomic E-state index is 4.81. The second-order valence-corrected chi connectivity index (χ2v) is 7.16. The minimum absolute atomic E-state index is 0.536. The van der Waals surface area contributed by atoms with Gasteiger partial charge in [-0.15, -0.1) is 11.3 Å². The third-order valence-corrected chi connectivity index (χ3v) is 5.17. The molecule has 2 nitrogen and oxygen atoms in total. The van der Waals surface area contributed by atoms with E-state index in [1.54, 1.807) is 0 Å². The molecular formula is C17H22N2S. The second-order valence-electron chi connectivity index (χ2n) is 6.04. The van der Waals surface area contributed by atoms with Crippen molar-refractivity contribution in [2.75, 3.05) is 6.54 Å². The predicted octanol–water partition coefficient (Wildman–Crippen LogP) is 3.89. The molecule has 1 aliphatic carbocycles. The van der Waals surface area contributed by atoms with Gasteiger partial charge in [-0.1, -0.05) is 38.1 Å². The summed E-state index contributed by atoms with van der Waals surface area (Å²) < 4.78 is 0. The highest BCUT2D eigenvalue weighted by molar-refractivity contribution is 7.11. The SMILES string of the molecule is Cc1nc(C2Cc3ccccc32)sc1CNCC(C)C.